The molecular formula is C29H27FN2O3. The fraction of sp³-hybridized carbons (Fsp3) is 0.172. The highest BCUT2D eigenvalue weighted by atomic mass is 19.1. The van der Waals surface area contributed by atoms with Crippen LogP contribution < -0.4 is 10.2 Å². The van der Waals surface area contributed by atoms with Crippen molar-refractivity contribution in [1.29, 1.82) is 0 Å². The summed E-state index contributed by atoms with van der Waals surface area (Å²) < 4.78 is 19.1. The topological polar surface area (TPSA) is 62.6 Å². The van der Waals surface area contributed by atoms with Crippen molar-refractivity contribution >= 4 is 17.5 Å². The maximum atomic E-state index is 13.8. The molecule has 3 aromatic carbocycles. The van der Waals surface area contributed by atoms with Gasteiger partial charge >= 0.3 is 0 Å². The fourth-order valence-electron chi connectivity index (χ4n) is 4.03. The maximum absolute atomic E-state index is 13.8. The summed E-state index contributed by atoms with van der Waals surface area (Å²) in [7, 11) is 0. The predicted octanol–water partition coefficient (Wildman–Crippen LogP) is 5.78. The number of benzene rings is 3. The van der Waals surface area contributed by atoms with Gasteiger partial charge in [-0.2, -0.15) is 0 Å². The SMILES string of the molecule is Cc1cccc(N(C(=O)c2ccoc2C)[C@H](C(=O)NCCc2ccccc2)c2ccc(F)cc2)c1. The molecular weight excluding hydrogens is 443 g/mol. The first-order chi connectivity index (χ1) is 16.9. The van der Waals surface area contributed by atoms with Crippen molar-refractivity contribution in [2.75, 3.05) is 11.4 Å². The molecule has 1 N–H and O–H groups in total. The van der Waals surface area contributed by atoms with E-state index in [2.05, 4.69) is 5.32 Å². The van der Waals surface area contributed by atoms with Crippen molar-refractivity contribution < 1.29 is 18.4 Å². The Morgan fingerprint density at radius 1 is 0.943 bits per heavy atom. The lowest BCUT2D eigenvalue weighted by Crippen LogP contribution is -2.44. The number of carbonyl (C=O) groups excluding carboxylic acids is 2. The molecule has 0 fully saturated rings. The van der Waals surface area contributed by atoms with Gasteiger partial charge in [-0.25, -0.2) is 4.39 Å². The summed E-state index contributed by atoms with van der Waals surface area (Å²) in [5.41, 5.74) is 3.44. The van der Waals surface area contributed by atoms with E-state index in [1.807, 2.05) is 55.5 Å². The third-order valence-electron chi connectivity index (χ3n) is 5.84. The molecule has 0 unspecified atom stereocenters. The molecule has 0 aliphatic rings. The van der Waals surface area contributed by atoms with Crippen molar-refractivity contribution in [1.82, 2.24) is 5.32 Å². The standard InChI is InChI=1S/C29H27FN2O3/c1-20-7-6-10-25(19-20)32(29(34)26-16-18-35-21(26)2)27(23-11-13-24(30)14-12-23)28(33)31-17-15-22-8-4-3-5-9-22/h3-14,16,18-19,27H,15,17H2,1-2H3,(H,31,33)/t27-/m0/s1. The minimum absolute atomic E-state index is 0.357. The van der Waals surface area contributed by atoms with Gasteiger partial charge < -0.3 is 9.73 Å². The lowest BCUT2D eigenvalue weighted by atomic mass is 10.0. The molecule has 6 heteroatoms. The second-order valence-electron chi connectivity index (χ2n) is 8.39. The Kier molecular flexibility index (Phi) is 7.41. The van der Waals surface area contributed by atoms with Crippen LogP contribution in [0.1, 0.15) is 38.9 Å². The van der Waals surface area contributed by atoms with E-state index < -0.39 is 11.9 Å². The van der Waals surface area contributed by atoms with Crippen molar-refractivity contribution in [2.24, 2.45) is 0 Å². The Morgan fingerprint density at radius 2 is 1.69 bits per heavy atom. The van der Waals surface area contributed by atoms with Gasteiger partial charge in [0.05, 0.1) is 11.8 Å². The zero-order valence-corrected chi connectivity index (χ0v) is 19.7. The number of furan rings is 1. The van der Waals surface area contributed by atoms with Crippen molar-refractivity contribution in [3.05, 3.63) is 125 Å². The number of carbonyl (C=O) groups is 2. The van der Waals surface area contributed by atoms with E-state index in [0.29, 0.717) is 35.5 Å². The minimum atomic E-state index is -1.02. The second kappa shape index (κ2) is 10.8. The molecule has 1 heterocycles. The lowest BCUT2D eigenvalue weighted by molar-refractivity contribution is -0.122. The van der Waals surface area contributed by atoms with E-state index in [1.165, 1.54) is 35.4 Å². The Bertz CT molecular complexity index is 1300. The molecule has 5 nitrogen and oxygen atoms in total. The number of aryl methyl sites for hydroxylation is 2. The van der Waals surface area contributed by atoms with Crippen LogP contribution in [0.15, 0.2) is 95.6 Å². The average molecular weight is 471 g/mol. The predicted molar refractivity (Wildman–Crippen MR) is 134 cm³/mol. The number of amides is 2. The van der Waals surface area contributed by atoms with Crippen LogP contribution in [0.4, 0.5) is 10.1 Å². The molecule has 0 aliphatic carbocycles. The first-order valence-electron chi connectivity index (χ1n) is 11.5. The Labute approximate surface area is 204 Å². The Balaban J connectivity index is 1.73. The van der Waals surface area contributed by atoms with Gasteiger partial charge in [0.1, 0.15) is 17.6 Å². The van der Waals surface area contributed by atoms with Crippen LogP contribution in [-0.2, 0) is 11.2 Å². The van der Waals surface area contributed by atoms with Crippen LogP contribution in [0.2, 0.25) is 0 Å². The number of halogens is 1. The smallest absolute Gasteiger partial charge is 0.262 e. The van der Waals surface area contributed by atoms with Gasteiger partial charge in [0.25, 0.3) is 5.91 Å². The highest BCUT2D eigenvalue weighted by Crippen LogP contribution is 2.31. The van der Waals surface area contributed by atoms with Crippen LogP contribution in [0.5, 0.6) is 0 Å². The molecule has 0 saturated carbocycles. The highest BCUT2D eigenvalue weighted by molar-refractivity contribution is 6.10. The van der Waals surface area contributed by atoms with Gasteiger partial charge in [-0.1, -0.05) is 54.6 Å². The molecule has 178 valence electrons. The number of hydrogen-bond donors (Lipinski definition) is 1. The van der Waals surface area contributed by atoms with Crippen LogP contribution in [0.3, 0.4) is 0 Å². The Morgan fingerprint density at radius 3 is 2.34 bits per heavy atom. The summed E-state index contributed by atoms with van der Waals surface area (Å²) in [5, 5.41) is 2.97. The first kappa shape index (κ1) is 24.0. The van der Waals surface area contributed by atoms with Crippen molar-refractivity contribution in [3.63, 3.8) is 0 Å². The molecule has 0 radical (unpaired) electrons. The number of anilines is 1. The lowest BCUT2D eigenvalue weighted by Gasteiger charge is -2.31. The summed E-state index contributed by atoms with van der Waals surface area (Å²) in [6, 6.07) is 23.4. The van der Waals surface area contributed by atoms with E-state index in [9.17, 15) is 14.0 Å². The van der Waals surface area contributed by atoms with Crippen LogP contribution in [-0.4, -0.2) is 18.4 Å². The Hall–Kier alpha value is -4.19. The van der Waals surface area contributed by atoms with E-state index in [4.69, 9.17) is 4.42 Å². The average Bonchev–Trinajstić information content (AvgIpc) is 3.29. The molecule has 4 aromatic rings. The number of nitrogens with one attached hydrogen (secondary N) is 1. The number of rotatable bonds is 8. The third kappa shape index (κ3) is 5.66. The number of hydrogen-bond acceptors (Lipinski definition) is 3. The van der Waals surface area contributed by atoms with Crippen molar-refractivity contribution in [3.8, 4) is 0 Å². The van der Waals surface area contributed by atoms with Crippen LogP contribution >= 0.6 is 0 Å². The summed E-state index contributed by atoms with van der Waals surface area (Å²) in [4.78, 5) is 28.9. The molecule has 35 heavy (non-hydrogen) atoms. The molecule has 1 atom stereocenters. The van der Waals surface area contributed by atoms with Crippen LogP contribution in [0, 0.1) is 19.7 Å². The van der Waals surface area contributed by atoms with Crippen molar-refractivity contribution in [2.45, 2.75) is 26.3 Å². The van der Waals surface area contributed by atoms with Gasteiger partial charge in [0.15, 0.2) is 0 Å². The summed E-state index contributed by atoms with van der Waals surface area (Å²) >= 11 is 0. The van der Waals surface area contributed by atoms with E-state index in [0.717, 1.165) is 11.1 Å². The van der Waals surface area contributed by atoms with Gasteiger partial charge in [-0.3, -0.25) is 14.5 Å². The largest absolute Gasteiger partial charge is 0.469 e. The zero-order valence-electron chi connectivity index (χ0n) is 19.7. The molecule has 4 rings (SSSR count). The molecule has 0 aliphatic heterocycles. The van der Waals surface area contributed by atoms with E-state index >= 15 is 0 Å². The summed E-state index contributed by atoms with van der Waals surface area (Å²) in [6.07, 6.45) is 2.09. The second-order valence-corrected chi connectivity index (χ2v) is 8.39. The van der Waals surface area contributed by atoms with Gasteiger partial charge in [0, 0.05) is 12.2 Å². The highest BCUT2D eigenvalue weighted by Gasteiger charge is 2.34. The number of nitrogens with zero attached hydrogens (tertiary/aromatic N) is 1. The van der Waals surface area contributed by atoms with Gasteiger partial charge in [0.2, 0.25) is 5.91 Å². The first-order valence-corrected chi connectivity index (χ1v) is 11.5. The third-order valence-corrected chi connectivity index (χ3v) is 5.84. The minimum Gasteiger partial charge on any atom is -0.469 e. The summed E-state index contributed by atoms with van der Waals surface area (Å²) in [6.45, 7) is 4.01. The molecule has 0 bridgehead atoms. The monoisotopic (exact) mass is 470 g/mol. The molecule has 2 amide bonds. The van der Waals surface area contributed by atoms with Gasteiger partial charge in [-0.15, -0.1) is 0 Å². The molecule has 0 spiro atoms. The van der Waals surface area contributed by atoms with E-state index in [-0.39, 0.29) is 11.8 Å². The zero-order chi connectivity index (χ0) is 24.8. The summed E-state index contributed by atoms with van der Waals surface area (Å²) in [5.74, 6) is -0.705. The van der Waals surface area contributed by atoms with E-state index in [1.54, 1.807) is 19.1 Å². The van der Waals surface area contributed by atoms with Gasteiger partial charge in [-0.05, 0) is 67.3 Å². The quantitative estimate of drug-likeness (QED) is 0.355. The fourth-order valence-corrected chi connectivity index (χ4v) is 4.03. The molecule has 1 aromatic heterocycles. The molecule has 0 saturated heterocycles. The van der Waals surface area contributed by atoms with Crippen LogP contribution in [0.25, 0.3) is 0 Å². The maximum Gasteiger partial charge on any atom is 0.262 e. The normalized spacial score (nSPS) is 11.6.